The zero-order chi connectivity index (χ0) is 32.1. The van der Waals surface area contributed by atoms with Crippen molar-refractivity contribution in [3.05, 3.63) is 163 Å². The van der Waals surface area contributed by atoms with Gasteiger partial charge in [-0.2, -0.15) is 0 Å². The lowest BCUT2D eigenvalue weighted by Crippen LogP contribution is -2.49. The molecule has 0 aromatic heterocycles. The number of anilines is 6. The van der Waals surface area contributed by atoms with Crippen LogP contribution in [0.5, 0.6) is 0 Å². The second-order valence-corrected chi connectivity index (χ2v) is 15.0. The fraction of sp³-hybridized carbons (Fsp3) is 0.122. The van der Waals surface area contributed by atoms with Crippen molar-refractivity contribution in [2.75, 3.05) is 24.0 Å². The summed E-state index contributed by atoms with van der Waals surface area (Å²) in [5.41, 5.74) is 11.5. The quantitative estimate of drug-likeness (QED) is 0.142. The zero-order valence-corrected chi connectivity index (χ0v) is 28.1. The van der Waals surface area contributed by atoms with E-state index in [0.29, 0.717) is 0 Å². The van der Waals surface area contributed by atoms with Crippen LogP contribution in [0.1, 0.15) is 11.1 Å². The van der Waals surface area contributed by atoms with Crippen molar-refractivity contribution in [3.8, 4) is 11.1 Å². The van der Waals surface area contributed by atoms with Crippen LogP contribution in [-0.4, -0.2) is 22.8 Å². The highest BCUT2D eigenvalue weighted by atomic mass is 28.4. The molecule has 0 amide bonds. The van der Waals surface area contributed by atoms with Crippen LogP contribution in [0.3, 0.4) is 0 Å². The Kier molecular flexibility index (Phi) is 9.17. The van der Waals surface area contributed by atoms with Gasteiger partial charge in [0.2, 0.25) is 0 Å². The molecule has 0 aliphatic carbocycles. The third-order valence-corrected chi connectivity index (χ3v) is 11.6. The van der Waals surface area contributed by atoms with Gasteiger partial charge in [0.1, 0.15) is 0 Å². The molecule has 230 valence electrons. The summed E-state index contributed by atoms with van der Waals surface area (Å²) >= 11 is 0. The number of hydrogen-bond acceptors (Lipinski definition) is 4. The van der Waals surface area contributed by atoms with E-state index in [4.69, 9.17) is 8.85 Å². The Morgan fingerprint density at radius 3 is 1.04 bits per heavy atom. The maximum atomic E-state index is 5.78. The zero-order valence-electron chi connectivity index (χ0n) is 27.1. The maximum absolute atomic E-state index is 5.78. The molecule has 46 heavy (non-hydrogen) atoms. The van der Waals surface area contributed by atoms with Gasteiger partial charge in [0.15, 0.2) is 0 Å². The van der Waals surface area contributed by atoms with Gasteiger partial charge in [-0.05, 0) is 110 Å². The van der Waals surface area contributed by atoms with Crippen LogP contribution in [0.2, 0.25) is 6.55 Å². The molecule has 0 saturated carbocycles. The van der Waals surface area contributed by atoms with Gasteiger partial charge in [0, 0.05) is 48.3 Å². The summed E-state index contributed by atoms with van der Waals surface area (Å²) in [5.74, 6) is 0. The van der Waals surface area contributed by atoms with Gasteiger partial charge in [0.05, 0.1) is 0 Å². The first-order valence-electron chi connectivity index (χ1n) is 15.6. The molecule has 0 N–H and O–H groups in total. The Labute approximate surface area is 274 Å². The van der Waals surface area contributed by atoms with E-state index < -0.39 is 8.56 Å². The highest BCUT2D eigenvalue weighted by Crippen LogP contribution is 2.38. The van der Waals surface area contributed by atoms with Crippen molar-refractivity contribution in [3.63, 3.8) is 0 Å². The molecule has 5 heteroatoms. The van der Waals surface area contributed by atoms with Crippen molar-refractivity contribution in [1.82, 2.24) is 0 Å². The first-order valence-corrected chi connectivity index (χ1v) is 17.9. The van der Waals surface area contributed by atoms with Gasteiger partial charge in [-0.1, -0.05) is 90.0 Å². The fourth-order valence-corrected chi connectivity index (χ4v) is 7.11. The average Bonchev–Trinajstić information content (AvgIpc) is 3.11. The molecule has 0 unspecified atom stereocenters. The normalized spacial score (nSPS) is 11.3. The molecule has 0 saturated heterocycles. The summed E-state index contributed by atoms with van der Waals surface area (Å²) in [6.07, 6.45) is 0. The Morgan fingerprint density at radius 1 is 0.391 bits per heavy atom. The van der Waals surface area contributed by atoms with E-state index in [1.807, 2.05) is 0 Å². The van der Waals surface area contributed by atoms with Crippen molar-refractivity contribution in [2.24, 2.45) is 0 Å². The summed E-state index contributed by atoms with van der Waals surface area (Å²) in [6.45, 7) is 6.30. The van der Waals surface area contributed by atoms with Gasteiger partial charge < -0.3 is 18.7 Å². The number of hydrogen-bond donors (Lipinski definition) is 0. The van der Waals surface area contributed by atoms with E-state index in [-0.39, 0.29) is 0 Å². The molecule has 6 aromatic carbocycles. The minimum Gasteiger partial charge on any atom is -0.394 e. The lowest BCUT2D eigenvalue weighted by Gasteiger charge is -2.27. The number of benzene rings is 6. The third kappa shape index (κ3) is 6.53. The Balaban J connectivity index is 1.31. The number of rotatable bonds is 10. The molecule has 0 aliphatic rings. The van der Waals surface area contributed by atoms with Crippen LogP contribution in [0.15, 0.2) is 152 Å². The molecule has 0 bridgehead atoms. The summed E-state index contributed by atoms with van der Waals surface area (Å²) < 4.78 is 11.6. The van der Waals surface area contributed by atoms with Crippen LogP contribution in [0, 0.1) is 13.8 Å². The number of aryl methyl sites for hydroxylation is 2. The number of nitrogens with zero attached hydrogens (tertiary/aromatic N) is 2. The SMILES string of the molecule is CO[Si](C)(OC)c1ccc(N(c2ccc(C)cc2)c2ccc(-c3ccc(N(c4ccccc4)c4ccc(C)cc4)cc3)cc2)cc1. The standard InChI is InChI=1S/C41H40N2O2Si/c1-31-11-19-36(20-12-31)42(35-9-7-6-8-10-35)38-23-15-33(16-24-38)34-17-25-39(26-18-34)43(37-21-13-32(2)14-22-37)40-27-29-41(30-28-40)46(5,44-3)45-4/h6-30H,1-5H3. The Hall–Kier alpha value is -4.94. The lowest BCUT2D eigenvalue weighted by molar-refractivity contribution is 0.265. The monoisotopic (exact) mass is 620 g/mol. The van der Waals surface area contributed by atoms with E-state index in [1.54, 1.807) is 14.2 Å². The van der Waals surface area contributed by atoms with Gasteiger partial charge in [-0.3, -0.25) is 0 Å². The first-order chi connectivity index (χ1) is 22.4. The smallest absolute Gasteiger partial charge is 0.368 e. The first kappa shape index (κ1) is 31.1. The van der Waals surface area contributed by atoms with Crippen molar-refractivity contribution in [2.45, 2.75) is 20.4 Å². The second-order valence-electron chi connectivity index (χ2n) is 11.7. The summed E-state index contributed by atoms with van der Waals surface area (Å²) in [5, 5.41) is 1.09. The molecule has 0 aliphatic heterocycles. The molecular weight excluding hydrogens is 581 g/mol. The minimum atomic E-state index is -2.42. The van der Waals surface area contributed by atoms with Gasteiger partial charge in [0.25, 0.3) is 0 Å². The van der Waals surface area contributed by atoms with E-state index in [1.165, 1.54) is 16.7 Å². The molecule has 0 heterocycles. The average molecular weight is 621 g/mol. The highest BCUT2D eigenvalue weighted by Gasteiger charge is 2.31. The summed E-state index contributed by atoms with van der Waals surface area (Å²) in [6, 6.07) is 54.0. The van der Waals surface area contributed by atoms with E-state index in [2.05, 4.69) is 182 Å². The predicted molar refractivity (Wildman–Crippen MR) is 196 cm³/mol. The van der Waals surface area contributed by atoms with Crippen LogP contribution in [0.4, 0.5) is 34.1 Å². The van der Waals surface area contributed by atoms with Crippen LogP contribution >= 0.6 is 0 Å². The predicted octanol–water partition coefficient (Wildman–Crippen LogP) is 10.5. The molecule has 4 nitrogen and oxygen atoms in total. The molecular formula is C41H40N2O2Si. The van der Waals surface area contributed by atoms with E-state index in [9.17, 15) is 0 Å². The van der Waals surface area contributed by atoms with Crippen molar-refractivity contribution in [1.29, 1.82) is 0 Å². The van der Waals surface area contributed by atoms with Crippen LogP contribution < -0.4 is 15.0 Å². The fourth-order valence-electron chi connectivity index (χ4n) is 5.70. The minimum absolute atomic E-state index is 1.07. The van der Waals surface area contributed by atoms with Crippen molar-refractivity contribution < 1.29 is 8.85 Å². The van der Waals surface area contributed by atoms with Gasteiger partial charge in [-0.15, -0.1) is 0 Å². The Morgan fingerprint density at radius 2 is 0.696 bits per heavy atom. The molecule has 6 aromatic rings. The lowest BCUT2D eigenvalue weighted by atomic mass is 10.0. The number of para-hydroxylation sites is 1. The summed E-state index contributed by atoms with van der Waals surface area (Å²) in [7, 11) is 1.03. The largest absolute Gasteiger partial charge is 0.394 e. The molecule has 0 spiro atoms. The molecule has 0 radical (unpaired) electrons. The van der Waals surface area contributed by atoms with E-state index in [0.717, 1.165) is 44.9 Å². The van der Waals surface area contributed by atoms with Gasteiger partial charge >= 0.3 is 8.56 Å². The molecule has 0 fully saturated rings. The molecule has 6 rings (SSSR count). The second kappa shape index (κ2) is 13.6. The topological polar surface area (TPSA) is 24.9 Å². The highest BCUT2D eigenvalue weighted by molar-refractivity contribution is 6.79. The van der Waals surface area contributed by atoms with E-state index >= 15 is 0 Å². The van der Waals surface area contributed by atoms with Crippen LogP contribution in [-0.2, 0) is 8.85 Å². The van der Waals surface area contributed by atoms with Crippen LogP contribution in [0.25, 0.3) is 11.1 Å². The van der Waals surface area contributed by atoms with Gasteiger partial charge in [-0.25, -0.2) is 0 Å². The van der Waals surface area contributed by atoms with Crippen molar-refractivity contribution >= 4 is 47.9 Å². The third-order valence-electron chi connectivity index (χ3n) is 8.61. The maximum Gasteiger partial charge on any atom is 0.368 e. The Bertz CT molecular complexity index is 1850. The summed E-state index contributed by atoms with van der Waals surface area (Å²) in [4.78, 5) is 4.58. The molecule has 0 atom stereocenters.